The molecule has 2 atom stereocenters. The van der Waals surface area contributed by atoms with Crippen molar-refractivity contribution < 1.29 is 14.7 Å². The van der Waals surface area contributed by atoms with E-state index in [4.69, 9.17) is 10.8 Å². The molecule has 1 unspecified atom stereocenters. The normalized spacial score (nSPS) is 13.5. The third-order valence-electron chi connectivity index (χ3n) is 4.05. The summed E-state index contributed by atoms with van der Waals surface area (Å²) in [5.74, 6) is -1.69. The number of nitrogens with two attached hydrogens (primary N) is 1. The molecule has 0 fully saturated rings. The molecule has 10 heteroatoms. The fourth-order valence-corrected chi connectivity index (χ4v) is 3.59. The molecule has 0 aromatic carbocycles. The van der Waals surface area contributed by atoms with Crippen molar-refractivity contribution in [2.45, 2.75) is 25.8 Å². The van der Waals surface area contributed by atoms with Crippen LogP contribution < -0.4 is 16.6 Å². The molecule has 1 amide bonds. The first-order chi connectivity index (χ1) is 12.3. The van der Waals surface area contributed by atoms with Gasteiger partial charge in [-0.25, -0.2) is 0 Å². The van der Waals surface area contributed by atoms with Gasteiger partial charge in [-0.3, -0.25) is 19.4 Å². The molecule has 0 aliphatic heterocycles. The predicted octanol–water partition coefficient (Wildman–Crippen LogP) is 1.25. The first kappa shape index (κ1) is 17.7. The zero-order valence-electron chi connectivity index (χ0n) is 14.0. The molecule has 0 bridgehead atoms. The Morgan fingerprint density at radius 1 is 1.35 bits per heavy atom. The van der Waals surface area contributed by atoms with Gasteiger partial charge in [-0.1, -0.05) is 6.92 Å². The molecule has 0 spiro atoms. The summed E-state index contributed by atoms with van der Waals surface area (Å²) in [6.07, 6.45) is 1.70. The first-order valence-electron chi connectivity index (χ1n) is 7.78. The maximum Gasteiger partial charge on any atom is 0.325 e. The molecule has 136 valence electrons. The summed E-state index contributed by atoms with van der Waals surface area (Å²) in [5.41, 5.74) is 6.35. The Morgan fingerprint density at radius 2 is 2.08 bits per heavy atom. The van der Waals surface area contributed by atoms with Crippen LogP contribution in [0.15, 0.2) is 23.1 Å². The maximum absolute atomic E-state index is 12.2. The Balaban J connectivity index is 1.89. The number of nitrogens with one attached hydrogen (secondary N) is 3. The van der Waals surface area contributed by atoms with Gasteiger partial charge in [0.15, 0.2) is 0 Å². The second kappa shape index (κ2) is 6.64. The minimum absolute atomic E-state index is 0.0335. The monoisotopic (exact) mass is 375 g/mol. The van der Waals surface area contributed by atoms with Crippen molar-refractivity contribution in [2.75, 3.05) is 5.73 Å². The van der Waals surface area contributed by atoms with Crippen molar-refractivity contribution in [1.82, 2.24) is 20.3 Å². The molecule has 0 aliphatic carbocycles. The minimum Gasteiger partial charge on any atom is -0.480 e. The number of amides is 1. The van der Waals surface area contributed by atoms with Crippen LogP contribution in [0.4, 0.5) is 5.95 Å². The summed E-state index contributed by atoms with van der Waals surface area (Å²) >= 11 is 1.24. The Morgan fingerprint density at radius 3 is 2.77 bits per heavy atom. The van der Waals surface area contributed by atoms with E-state index in [9.17, 15) is 14.4 Å². The fourth-order valence-electron chi connectivity index (χ4n) is 2.61. The maximum atomic E-state index is 12.2. The number of aromatic nitrogens is 3. The van der Waals surface area contributed by atoms with Crippen LogP contribution in [0.5, 0.6) is 0 Å². The number of thiophene rings is 1. The standard InChI is InChI=1S/C16H17N5O4S/c1-6(8-5-18-12-11(8)14(23)21-16(17)20-12)9-3-4-10(26-9)13(22)19-7(2)15(24)25/h3-7H,1-2H3,(H,19,22)(H,24,25)(H4,17,18,20,21,23)/t6?,7-/m0/s1. The molecule has 0 aliphatic rings. The smallest absolute Gasteiger partial charge is 0.325 e. The van der Waals surface area contributed by atoms with Gasteiger partial charge in [0.1, 0.15) is 11.7 Å². The second-order valence-electron chi connectivity index (χ2n) is 5.88. The van der Waals surface area contributed by atoms with Crippen molar-refractivity contribution in [2.24, 2.45) is 0 Å². The van der Waals surface area contributed by atoms with Gasteiger partial charge < -0.3 is 21.1 Å². The summed E-state index contributed by atoms with van der Waals surface area (Å²) in [6, 6.07) is 2.44. The van der Waals surface area contributed by atoms with Gasteiger partial charge >= 0.3 is 5.97 Å². The quantitative estimate of drug-likeness (QED) is 0.452. The zero-order chi connectivity index (χ0) is 19.0. The zero-order valence-corrected chi connectivity index (χ0v) is 14.8. The van der Waals surface area contributed by atoms with E-state index in [0.717, 1.165) is 10.4 Å². The first-order valence-corrected chi connectivity index (χ1v) is 8.59. The summed E-state index contributed by atoms with van der Waals surface area (Å²) in [6.45, 7) is 3.31. The lowest BCUT2D eigenvalue weighted by Crippen LogP contribution is -2.37. The number of aliphatic carboxylic acids is 1. The number of aromatic amines is 2. The van der Waals surface area contributed by atoms with Gasteiger partial charge in [-0.05, 0) is 24.6 Å². The number of carbonyl (C=O) groups excluding carboxylic acids is 1. The predicted molar refractivity (Wildman–Crippen MR) is 97.5 cm³/mol. The molecule has 9 nitrogen and oxygen atoms in total. The van der Waals surface area contributed by atoms with Gasteiger partial charge in [0.25, 0.3) is 11.5 Å². The summed E-state index contributed by atoms with van der Waals surface area (Å²) in [7, 11) is 0. The van der Waals surface area contributed by atoms with Crippen molar-refractivity contribution in [3.05, 3.63) is 44.0 Å². The van der Waals surface area contributed by atoms with Gasteiger partial charge in [-0.2, -0.15) is 4.98 Å². The Labute approximate surface area is 151 Å². The number of carbonyl (C=O) groups is 2. The highest BCUT2D eigenvalue weighted by molar-refractivity contribution is 7.14. The van der Waals surface area contributed by atoms with E-state index in [1.54, 1.807) is 18.3 Å². The molecular formula is C16H17N5O4S. The Hall–Kier alpha value is -3.14. The molecule has 6 N–H and O–H groups in total. The highest BCUT2D eigenvalue weighted by atomic mass is 32.1. The van der Waals surface area contributed by atoms with E-state index >= 15 is 0 Å². The van der Waals surface area contributed by atoms with E-state index in [2.05, 4.69) is 20.3 Å². The van der Waals surface area contributed by atoms with Crippen LogP contribution >= 0.6 is 11.3 Å². The molecule has 3 aromatic heterocycles. The number of nitrogens with zero attached hydrogens (tertiary/aromatic N) is 1. The fraction of sp³-hybridized carbons (Fsp3) is 0.250. The van der Waals surface area contributed by atoms with Crippen LogP contribution in [-0.2, 0) is 4.79 Å². The number of anilines is 1. The van der Waals surface area contributed by atoms with E-state index < -0.39 is 17.9 Å². The molecule has 3 heterocycles. The number of rotatable bonds is 5. The van der Waals surface area contributed by atoms with E-state index in [-0.39, 0.29) is 17.4 Å². The number of fused-ring (bicyclic) bond motifs is 1. The van der Waals surface area contributed by atoms with E-state index in [1.807, 2.05) is 6.92 Å². The van der Waals surface area contributed by atoms with E-state index in [0.29, 0.717) is 15.9 Å². The van der Waals surface area contributed by atoms with Crippen LogP contribution in [0.25, 0.3) is 11.0 Å². The van der Waals surface area contributed by atoms with Gasteiger partial charge in [0, 0.05) is 17.0 Å². The summed E-state index contributed by atoms with van der Waals surface area (Å²) in [4.78, 5) is 45.9. The lowest BCUT2D eigenvalue weighted by Gasteiger charge is -2.09. The van der Waals surface area contributed by atoms with Crippen LogP contribution in [0.2, 0.25) is 0 Å². The van der Waals surface area contributed by atoms with Crippen molar-refractivity contribution in [1.29, 1.82) is 0 Å². The van der Waals surface area contributed by atoms with Crippen LogP contribution in [0, 0.1) is 0 Å². The minimum atomic E-state index is -1.10. The molecule has 0 saturated heterocycles. The molecule has 0 saturated carbocycles. The number of nitrogen functional groups attached to an aromatic ring is 1. The third-order valence-corrected chi connectivity index (χ3v) is 5.32. The Bertz CT molecular complexity index is 1050. The van der Waals surface area contributed by atoms with Crippen LogP contribution in [-0.4, -0.2) is 38.0 Å². The average molecular weight is 375 g/mol. The lowest BCUT2D eigenvalue weighted by molar-refractivity contribution is -0.138. The average Bonchev–Trinajstić information content (AvgIpc) is 3.21. The topological polar surface area (TPSA) is 154 Å². The number of H-pyrrole nitrogens is 2. The van der Waals surface area contributed by atoms with Crippen molar-refractivity contribution in [3.8, 4) is 0 Å². The second-order valence-corrected chi connectivity index (χ2v) is 6.99. The van der Waals surface area contributed by atoms with Crippen LogP contribution in [0.1, 0.15) is 39.9 Å². The molecule has 0 radical (unpaired) electrons. The number of hydrogen-bond donors (Lipinski definition) is 5. The molecular weight excluding hydrogens is 358 g/mol. The molecule has 3 rings (SSSR count). The number of carboxylic acid groups (broad SMARTS) is 1. The lowest BCUT2D eigenvalue weighted by atomic mass is 10.0. The SMILES string of the molecule is CC(c1ccc(C(=O)N[C@@H](C)C(=O)O)s1)c1c[nH]c2nc(N)[nH]c(=O)c12. The highest BCUT2D eigenvalue weighted by Gasteiger charge is 2.21. The van der Waals surface area contributed by atoms with E-state index in [1.165, 1.54) is 18.3 Å². The van der Waals surface area contributed by atoms with Crippen LogP contribution in [0.3, 0.4) is 0 Å². The summed E-state index contributed by atoms with van der Waals surface area (Å²) < 4.78 is 0. The third kappa shape index (κ3) is 3.18. The van der Waals surface area contributed by atoms with Gasteiger partial charge in [0.2, 0.25) is 5.95 Å². The Kier molecular flexibility index (Phi) is 4.51. The highest BCUT2D eigenvalue weighted by Crippen LogP contribution is 2.32. The van der Waals surface area contributed by atoms with Crippen molar-refractivity contribution >= 4 is 40.2 Å². The number of carboxylic acids is 1. The largest absolute Gasteiger partial charge is 0.480 e. The van der Waals surface area contributed by atoms with Gasteiger partial charge in [-0.15, -0.1) is 11.3 Å². The molecule has 3 aromatic rings. The van der Waals surface area contributed by atoms with Gasteiger partial charge in [0.05, 0.1) is 10.3 Å². The molecule has 26 heavy (non-hydrogen) atoms. The summed E-state index contributed by atoms with van der Waals surface area (Å²) in [5, 5.41) is 11.7. The number of hydrogen-bond acceptors (Lipinski definition) is 6. The van der Waals surface area contributed by atoms with Crippen molar-refractivity contribution in [3.63, 3.8) is 0 Å².